The first-order valence-corrected chi connectivity index (χ1v) is 3.77. The lowest BCUT2D eigenvalue weighted by Gasteiger charge is -1.95. The molecular formula is C7H8N4O3. The number of nitrogens with zero attached hydrogens (tertiary/aromatic N) is 3. The highest BCUT2D eigenvalue weighted by Gasteiger charge is 2.02. The number of rotatable bonds is 4. The van der Waals surface area contributed by atoms with Crippen LogP contribution in [0.15, 0.2) is 21.7 Å². The molecule has 1 aromatic rings. The molecule has 0 aliphatic heterocycles. The van der Waals surface area contributed by atoms with Crippen molar-refractivity contribution in [2.45, 2.75) is 13.1 Å². The van der Waals surface area contributed by atoms with Gasteiger partial charge in [-0.3, -0.25) is 0 Å². The van der Waals surface area contributed by atoms with Crippen molar-refractivity contribution in [1.82, 2.24) is 5.32 Å². The van der Waals surface area contributed by atoms with E-state index in [1.54, 1.807) is 12.1 Å². The maximum absolute atomic E-state index is 10.1. The molecule has 1 amide bonds. The van der Waals surface area contributed by atoms with Gasteiger partial charge in [0.1, 0.15) is 11.5 Å². The molecule has 2 N–H and O–H groups in total. The lowest BCUT2D eigenvalue weighted by molar-refractivity contribution is 0.193. The molecule has 1 heterocycles. The second-order valence-electron chi connectivity index (χ2n) is 2.42. The van der Waals surface area contributed by atoms with Gasteiger partial charge < -0.3 is 14.8 Å². The molecule has 7 nitrogen and oxygen atoms in total. The third kappa shape index (κ3) is 3.08. The van der Waals surface area contributed by atoms with E-state index in [2.05, 4.69) is 15.3 Å². The van der Waals surface area contributed by atoms with Crippen LogP contribution in [-0.4, -0.2) is 11.2 Å². The summed E-state index contributed by atoms with van der Waals surface area (Å²) in [5.41, 5.74) is 8.04. The van der Waals surface area contributed by atoms with E-state index in [4.69, 9.17) is 15.1 Å². The zero-order chi connectivity index (χ0) is 10.4. The number of carbonyl (C=O) groups is 1. The molecule has 0 unspecified atom stereocenters. The molecular weight excluding hydrogens is 188 g/mol. The van der Waals surface area contributed by atoms with Gasteiger partial charge in [0.05, 0.1) is 13.1 Å². The summed E-state index contributed by atoms with van der Waals surface area (Å²) < 4.78 is 5.15. The average Bonchev–Trinajstić information content (AvgIpc) is 2.59. The average molecular weight is 196 g/mol. The highest BCUT2D eigenvalue weighted by atomic mass is 16.4. The Kier molecular flexibility index (Phi) is 3.40. The molecule has 0 atom stereocenters. The summed E-state index contributed by atoms with van der Waals surface area (Å²) in [7, 11) is 0. The molecule has 1 aromatic heterocycles. The fourth-order valence-electron chi connectivity index (χ4n) is 0.866. The molecule has 7 heteroatoms. The van der Waals surface area contributed by atoms with Crippen LogP contribution in [-0.2, 0) is 13.1 Å². The van der Waals surface area contributed by atoms with Crippen LogP contribution >= 0.6 is 0 Å². The van der Waals surface area contributed by atoms with E-state index in [0.29, 0.717) is 11.5 Å². The standard InChI is InChI=1S/C7H8N4O3/c8-11-10-4-6-2-1-5(14-6)3-9-7(12)13/h1-2,9H,3-4H2,(H,12,13). The summed E-state index contributed by atoms with van der Waals surface area (Å²) in [5, 5.41) is 13.8. The zero-order valence-corrected chi connectivity index (χ0v) is 7.17. The number of hydrogen-bond acceptors (Lipinski definition) is 3. The SMILES string of the molecule is [N-]=[N+]=NCc1ccc(CNC(=O)O)o1. The Morgan fingerprint density at radius 3 is 3.00 bits per heavy atom. The van der Waals surface area contributed by atoms with Gasteiger partial charge in [0.25, 0.3) is 0 Å². The van der Waals surface area contributed by atoms with Crippen LogP contribution in [0.2, 0.25) is 0 Å². The second-order valence-corrected chi connectivity index (χ2v) is 2.42. The minimum Gasteiger partial charge on any atom is -0.465 e. The third-order valence-corrected chi connectivity index (χ3v) is 1.42. The Hall–Kier alpha value is -2.14. The summed E-state index contributed by atoms with van der Waals surface area (Å²) in [6, 6.07) is 3.26. The van der Waals surface area contributed by atoms with Crippen LogP contribution in [0.4, 0.5) is 4.79 Å². The molecule has 0 aliphatic carbocycles. The van der Waals surface area contributed by atoms with E-state index in [1.165, 1.54) is 0 Å². The van der Waals surface area contributed by atoms with Crippen molar-refractivity contribution in [2.75, 3.05) is 0 Å². The lowest BCUT2D eigenvalue weighted by Crippen LogP contribution is -2.19. The van der Waals surface area contributed by atoms with Gasteiger partial charge in [-0.15, -0.1) is 0 Å². The largest absolute Gasteiger partial charge is 0.465 e. The minimum atomic E-state index is -1.11. The molecule has 74 valence electrons. The van der Waals surface area contributed by atoms with Crippen LogP contribution in [0.5, 0.6) is 0 Å². The Labute approximate surface area is 79.0 Å². The summed E-state index contributed by atoms with van der Waals surface area (Å²) in [5.74, 6) is 0.987. The smallest absolute Gasteiger partial charge is 0.405 e. The van der Waals surface area contributed by atoms with Gasteiger partial charge >= 0.3 is 6.09 Å². The molecule has 0 fully saturated rings. The highest BCUT2D eigenvalue weighted by molar-refractivity contribution is 5.64. The van der Waals surface area contributed by atoms with Gasteiger partial charge in [-0.2, -0.15) is 0 Å². The Morgan fingerprint density at radius 2 is 2.36 bits per heavy atom. The fraction of sp³-hybridized carbons (Fsp3) is 0.286. The van der Waals surface area contributed by atoms with E-state index in [1.807, 2.05) is 0 Å². The van der Waals surface area contributed by atoms with E-state index < -0.39 is 6.09 Å². The number of carboxylic acid groups (broad SMARTS) is 1. The van der Waals surface area contributed by atoms with Crippen molar-refractivity contribution in [1.29, 1.82) is 0 Å². The molecule has 0 spiro atoms. The molecule has 14 heavy (non-hydrogen) atoms. The van der Waals surface area contributed by atoms with Crippen LogP contribution in [0.25, 0.3) is 10.4 Å². The summed E-state index contributed by atoms with van der Waals surface area (Å²) in [6.45, 7) is 0.231. The topological polar surface area (TPSA) is 111 Å². The fourth-order valence-corrected chi connectivity index (χ4v) is 0.866. The number of hydrogen-bond donors (Lipinski definition) is 2. The number of azide groups is 1. The zero-order valence-electron chi connectivity index (χ0n) is 7.17. The highest BCUT2D eigenvalue weighted by Crippen LogP contribution is 2.08. The molecule has 1 rings (SSSR count). The van der Waals surface area contributed by atoms with Gasteiger partial charge in [-0.05, 0) is 17.7 Å². The first kappa shape index (κ1) is 9.94. The molecule has 0 aromatic carbocycles. The van der Waals surface area contributed by atoms with Gasteiger partial charge in [0.2, 0.25) is 0 Å². The Morgan fingerprint density at radius 1 is 1.64 bits per heavy atom. The van der Waals surface area contributed by atoms with Crippen molar-refractivity contribution in [3.8, 4) is 0 Å². The van der Waals surface area contributed by atoms with E-state index in [9.17, 15) is 4.79 Å². The second kappa shape index (κ2) is 4.78. The van der Waals surface area contributed by atoms with Crippen LogP contribution in [0.1, 0.15) is 11.5 Å². The van der Waals surface area contributed by atoms with Gasteiger partial charge in [-0.1, -0.05) is 5.11 Å². The predicted molar refractivity (Wildman–Crippen MR) is 46.4 cm³/mol. The summed E-state index contributed by atoms with van der Waals surface area (Å²) in [4.78, 5) is 12.7. The van der Waals surface area contributed by atoms with E-state index in [0.717, 1.165) is 0 Å². The van der Waals surface area contributed by atoms with Crippen molar-refractivity contribution in [3.05, 3.63) is 34.1 Å². The lowest BCUT2D eigenvalue weighted by atomic mass is 10.4. The molecule has 0 saturated heterocycles. The quantitative estimate of drug-likeness (QED) is 0.435. The molecule has 0 aliphatic rings. The Bertz CT molecular complexity index is 367. The minimum absolute atomic E-state index is 0.103. The molecule has 0 saturated carbocycles. The van der Waals surface area contributed by atoms with Crippen LogP contribution in [0.3, 0.4) is 0 Å². The first-order valence-electron chi connectivity index (χ1n) is 3.77. The van der Waals surface area contributed by atoms with Crippen LogP contribution in [0, 0.1) is 0 Å². The molecule has 0 bridgehead atoms. The van der Waals surface area contributed by atoms with E-state index in [-0.39, 0.29) is 13.1 Å². The van der Waals surface area contributed by atoms with Crippen molar-refractivity contribution < 1.29 is 14.3 Å². The summed E-state index contributed by atoms with van der Waals surface area (Å²) in [6.07, 6.45) is -1.11. The van der Waals surface area contributed by atoms with Crippen molar-refractivity contribution in [2.24, 2.45) is 5.11 Å². The third-order valence-electron chi connectivity index (χ3n) is 1.42. The first-order chi connectivity index (χ1) is 6.72. The monoisotopic (exact) mass is 196 g/mol. The Balaban J connectivity index is 2.50. The summed E-state index contributed by atoms with van der Waals surface area (Å²) >= 11 is 0. The number of furan rings is 1. The molecule has 0 radical (unpaired) electrons. The normalized spacial score (nSPS) is 9.14. The maximum atomic E-state index is 10.1. The number of nitrogens with one attached hydrogen (secondary N) is 1. The van der Waals surface area contributed by atoms with Gasteiger partial charge in [-0.25, -0.2) is 4.79 Å². The number of amides is 1. The van der Waals surface area contributed by atoms with Crippen molar-refractivity contribution in [3.63, 3.8) is 0 Å². The predicted octanol–water partition coefficient (Wildman–Crippen LogP) is 1.86. The van der Waals surface area contributed by atoms with E-state index >= 15 is 0 Å². The van der Waals surface area contributed by atoms with Crippen molar-refractivity contribution >= 4 is 6.09 Å². The van der Waals surface area contributed by atoms with Gasteiger partial charge in [0, 0.05) is 4.91 Å². The maximum Gasteiger partial charge on any atom is 0.405 e. The van der Waals surface area contributed by atoms with Crippen LogP contribution < -0.4 is 5.32 Å². The van der Waals surface area contributed by atoms with Gasteiger partial charge in [0.15, 0.2) is 0 Å².